The van der Waals surface area contributed by atoms with E-state index in [2.05, 4.69) is 5.32 Å². The molecule has 2 rings (SSSR count). The normalized spacial score (nSPS) is 27.1. The number of aliphatic hydroxyl groups excluding tert-OH is 4. The minimum absolute atomic E-state index is 0.0369. The first-order chi connectivity index (χ1) is 27.4. The molecule has 320 valence electrons. The number of hydrogen-bond acceptors (Lipinski definition) is 12. The molecule has 0 saturated carbocycles. The van der Waals surface area contributed by atoms with Gasteiger partial charge in [-0.15, -0.1) is 0 Å². The maximum absolute atomic E-state index is 13.3. The van der Waals surface area contributed by atoms with Gasteiger partial charge in [-0.2, -0.15) is 0 Å². The minimum atomic E-state index is -1.90. The number of carbonyl (C=O) groups is 5. The molecule has 0 aromatic heterocycles. The molecule has 13 nitrogen and oxygen atoms in total. The number of allylic oxidation sites excluding steroid dienone is 6. The highest BCUT2D eigenvalue weighted by Gasteiger charge is 2.36. The van der Waals surface area contributed by atoms with Crippen LogP contribution in [0, 0.1) is 29.6 Å². The smallest absolute Gasteiger partial charge is 0.373 e. The first kappa shape index (κ1) is 49.6. The summed E-state index contributed by atoms with van der Waals surface area (Å²) in [7, 11) is 2.79. The van der Waals surface area contributed by atoms with Gasteiger partial charge >= 0.3 is 5.97 Å². The van der Waals surface area contributed by atoms with Crippen molar-refractivity contribution in [2.45, 2.75) is 111 Å². The van der Waals surface area contributed by atoms with Crippen molar-refractivity contribution >= 4 is 29.2 Å². The third kappa shape index (κ3) is 14.7. The molecular formula is C45H63NO12. The fraction of sp³-hybridized carbons (Fsp3) is 0.533. The molecule has 0 spiro atoms. The lowest BCUT2D eigenvalue weighted by atomic mass is 9.85. The van der Waals surface area contributed by atoms with Gasteiger partial charge in [0.2, 0.25) is 11.7 Å². The van der Waals surface area contributed by atoms with E-state index in [4.69, 9.17) is 14.2 Å². The molecule has 0 saturated heterocycles. The van der Waals surface area contributed by atoms with Crippen molar-refractivity contribution in [3.05, 3.63) is 95.3 Å². The largest absolute Gasteiger partial charge is 0.490 e. The van der Waals surface area contributed by atoms with Crippen LogP contribution in [0.5, 0.6) is 0 Å². The molecule has 11 atom stereocenters. The van der Waals surface area contributed by atoms with Crippen LogP contribution in [-0.2, 0) is 33.4 Å². The number of benzene rings is 1. The Labute approximate surface area is 342 Å². The van der Waals surface area contributed by atoms with Crippen molar-refractivity contribution in [1.29, 1.82) is 0 Å². The Morgan fingerprint density at radius 2 is 1.67 bits per heavy atom. The van der Waals surface area contributed by atoms with Gasteiger partial charge in [-0.25, -0.2) is 4.79 Å². The van der Waals surface area contributed by atoms with Crippen LogP contribution in [0.2, 0.25) is 0 Å². The Bertz CT molecular complexity index is 1700. The number of amides is 1. The van der Waals surface area contributed by atoms with Crippen LogP contribution in [0.15, 0.2) is 89.8 Å². The van der Waals surface area contributed by atoms with Gasteiger partial charge in [0.1, 0.15) is 30.0 Å². The third-order valence-electron chi connectivity index (χ3n) is 10.6. The zero-order valence-corrected chi connectivity index (χ0v) is 35.2. The topological polar surface area (TPSA) is 206 Å². The fourth-order valence-corrected chi connectivity index (χ4v) is 6.58. The number of carbonyl (C=O) groups excluding carboxylic acids is 5. The maximum Gasteiger partial charge on any atom is 0.373 e. The van der Waals surface area contributed by atoms with Crippen LogP contribution in [0.25, 0.3) is 0 Å². The number of esters is 1. The Kier molecular flexibility index (Phi) is 20.9. The number of aliphatic hydroxyl groups is 4. The van der Waals surface area contributed by atoms with Gasteiger partial charge in [-0.1, -0.05) is 107 Å². The molecule has 1 amide bonds. The van der Waals surface area contributed by atoms with E-state index in [0.717, 1.165) is 0 Å². The molecule has 5 N–H and O–H groups in total. The quantitative estimate of drug-likeness (QED) is 0.0476. The number of rotatable bonds is 17. The standard InChI is InChI=1S/C45H63NO12/c1-10-33(42(52)32-18-14-12-15-19-32)43(53)46-44(54)41(51)31(7)40(50)30(6)35(48)25-34(47)27(3)21-22-37-36(56-8)20-16-11-13-17-28(4)39(49)29(5)23-26(2)24-38(57-9)45(55)58-37/h11-16,18-21,23-24,28-31,33,35-37,39,41,44,48-49,51,54H,10,17,22,25H2,1-9H3,(H,46,53)/b13-11-,20-16-,26-23-,27-21+,38-24+/t28-,29+,30+,31+,33+,35-,36-,37+,39+,41-,44+/m0/s1. The third-order valence-corrected chi connectivity index (χ3v) is 10.6. The van der Waals surface area contributed by atoms with Gasteiger partial charge in [0.15, 0.2) is 17.8 Å². The summed E-state index contributed by atoms with van der Waals surface area (Å²) in [5.41, 5.74) is 1.23. The highest BCUT2D eigenvalue weighted by molar-refractivity contribution is 6.10. The van der Waals surface area contributed by atoms with Crippen LogP contribution in [-0.4, -0.2) is 101 Å². The predicted octanol–water partition coefficient (Wildman–Crippen LogP) is 4.74. The van der Waals surface area contributed by atoms with Gasteiger partial charge in [0, 0.05) is 43.3 Å². The minimum Gasteiger partial charge on any atom is -0.490 e. The fourth-order valence-electron chi connectivity index (χ4n) is 6.58. The second-order valence-electron chi connectivity index (χ2n) is 15.1. The first-order valence-corrected chi connectivity index (χ1v) is 19.7. The molecule has 0 radical (unpaired) electrons. The Morgan fingerprint density at radius 1 is 1.02 bits per heavy atom. The maximum atomic E-state index is 13.3. The summed E-state index contributed by atoms with van der Waals surface area (Å²) in [6.07, 6.45) is 5.05. The molecule has 1 aliphatic heterocycles. The van der Waals surface area contributed by atoms with E-state index in [-0.39, 0.29) is 36.0 Å². The van der Waals surface area contributed by atoms with Crippen molar-refractivity contribution in [3.8, 4) is 0 Å². The van der Waals surface area contributed by atoms with Crippen LogP contribution >= 0.6 is 0 Å². The Hall–Kier alpha value is -4.53. The molecule has 58 heavy (non-hydrogen) atoms. The first-order valence-electron chi connectivity index (χ1n) is 19.7. The number of hydrogen-bond donors (Lipinski definition) is 5. The predicted molar refractivity (Wildman–Crippen MR) is 219 cm³/mol. The molecule has 1 aromatic carbocycles. The van der Waals surface area contributed by atoms with Crippen molar-refractivity contribution in [2.75, 3.05) is 14.2 Å². The average Bonchev–Trinajstić information content (AvgIpc) is 3.20. The van der Waals surface area contributed by atoms with Gasteiger partial charge < -0.3 is 40.0 Å². The molecule has 0 aliphatic carbocycles. The molecule has 0 fully saturated rings. The summed E-state index contributed by atoms with van der Waals surface area (Å²) < 4.78 is 16.9. The summed E-state index contributed by atoms with van der Waals surface area (Å²) in [6.45, 7) is 11.5. The summed E-state index contributed by atoms with van der Waals surface area (Å²) in [4.78, 5) is 65.7. The monoisotopic (exact) mass is 809 g/mol. The summed E-state index contributed by atoms with van der Waals surface area (Å²) >= 11 is 0. The molecular weight excluding hydrogens is 746 g/mol. The average molecular weight is 810 g/mol. The van der Waals surface area contributed by atoms with Gasteiger partial charge in [-0.3, -0.25) is 19.2 Å². The van der Waals surface area contributed by atoms with Gasteiger partial charge in [0.05, 0.1) is 19.3 Å². The van der Waals surface area contributed by atoms with Gasteiger partial charge in [-0.05, 0) is 44.3 Å². The van der Waals surface area contributed by atoms with E-state index in [0.29, 0.717) is 17.6 Å². The molecule has 13 heteroatoms. The number of ether oxygens (including phenoxy) is 3. The summed E-state index contributed by atoms with van der Waals surface area (Å²) in [5.74, 6) is -7.06. The number of nitrogens with one attached hydrogen (secondary N) is 1. The number of cyclic esters (lactones) is 1. The van der Waals surface area contributed by atoms with Crippen LogP contribution in [0.1, 0.15) is 84.5 Å². The second kappa shape index (κ2) is 24.4. The number of ketones is 3. The molecule has 0 bridgehead atoms. The Morgan fingerprint density at radius 3 is 2.28 bits per heavy atom. The van der Waals surface area contributed by atoms with Crippen LogP contribution < -0.4 is 5.32 Å². The zero-order chi connectivity index (χ0) is 43.7. The SMILES string of the molecule is CC[C@@H](C(=O)N[C@H](O)[C@@H](O)[C@H](C)C(=O)[C@H](C)[C@@H](O)CC(=O)/C(C)=C/C[C@H]1OC(=O)/C(OC)=C\C(C)=C/[C@@H](C)[C@H](O)[C@@H](C)C/C=C\C=C/[C@@H]1OC)C(=O)c1ccccc1. The molecule has 1 heterocycles. The molecule has 0 unspecified atom stereocenters. The van der Waals surface area contributed by atoms with E-state index in [1.165, 1.54) is 41.1 Å². The second-order valence-corrected chi connectivity index (χ2v) is 15.1. The summed E-state index contributed by atoms with van der Waals surface area (Å²) in [6, 6.07) is 8.18. The molecule has 1 aromatic rings. The highest BCUT2D eigenvalue weighted by atomic mass is 16.6. The zero-order valence-electron chi connectivity index (χ0n) is 35.2. The number of methoxy groups -OCH3 is 2. The number of Topliss-reactive ketones (excluding diaryl/α,β-unsaturated/α-hetero) is 3. The van der Waals surface area contributed by atoms with Crippen LogP contribution in [0.4, 0.5) is 0 Å². The summed E-state index contributed by atoms with van der Waals surface area (Å²) in [5, 5.41) is 45.4. The van der Waals surface area contributed by atoms with Crippen LogP contribution in [0.3, 0.4) is 0 Å². The highest BCUT2D eigenvalue weighted by Crippen LogP contribution is 2.23. The van der Waals surface area contributed by atoms with Crippen molar-refractivity contribution in [1.82, 2.24) is 5.32 Å². The van der Waals surface area contributed by atoms with E-state index in [1.807, 2.05) is 32.1 Å². The Balaban J connectivity index is 2.16. The van der Waals surface area contributed by atoms with E-state index >= 15 is 0 Å². The lowest BCUT2D eigenvalue weighted by Gasteiger charge is -2.28. The molecule has 1 aliphatic rings. The van der Waals surface area contributed by atoms with Crippen molar-refractivity contribution < 1.29 is 58.6 Å². The lowest BCUT2D eigenvalue weighted by Crippen LogP contribution is -2.51. The van der Waals surface area contributed by atoms with Crippen molar-refractivity contribution in [2.24, 2.45) is 29.6 Å². The lowest BCUT2D eigenvalue weighted by molar-refractivity contribution is -0.153. The van der Waals surface area contributed by atoms with E-state index in [1.54, 1.807) is 62.4 Å². The van der Waals surface area contributed by atoms with E-state index in [9.17, 15) is 44.4 Å². The van der Waals surface area contributed by atoms with Crippen molar-refractivity contribution in [3.63, 3.8) is 0 Å². The van der Waals surface area contributed by atoms with Gasteiger partial charge in [0.25, 0.3) is 0 Å². The van der Waals surface area contributed by atoms with E-state index < -0.39 is 90.1 Å².